The predicted octanol–water partition coefficient (Wildman–Crippen LogP) is 7.82. The van der Waals surface area contributed by atoms with E-state index in [-0.39, 0.29) is 5.43 Å². The van der Waals surface area contributed by atoms with E-state index < -0.39 is 0 Å². The molecule has 2 aliphatic carbocycles. The van der Waals surface area contributed by atoms with Crippen LogP contribution in [0.15, 0.2) is 48.6 Å². The number of rotatable bonds is 4. The maximum absolute atomic E-state index is 3.45. The average molecular weight is 492 g/mol. The van der Waals surface area contributed by atoms with Crippen molar-refractivity contribution in [3.05, 3.63) is 83.0 Å². The third-order valence-electron chi connectivity index (χ3n) is 4.99. The molecule has 0 radical (unpaired) electrons. The third-order valence-corrected chi connectivity index (χ3v) is 10.6. The van der Waals surface area contributed by atoms with Crippen LogP contribution in [0.4, 0.5) is 0 Å². The van der Waals surface area contributed by atoms with Gasteiger partial charge in [0, 0.05) is 0 Å². The van der Waals surface area contributed by atoms with E-state index in [1.807, 2.05) is 35.5 Å². The Labute approximate surface area is 200 Å². The van der Waals surface area contributed by atoms with Crippen molar-refractivity contribution in [1.29, 1.82) is 0 Å². The van der Waals surface area contributed by atoms with E-state index in [1.165, 1.54) is 45.5 Å². The van der Waals surface area contributed by atoms with Crippen LogP contribution in [0.1, 0.15) is 56.4 Å². The SMILES string of the molecule is CC(C)C[Si](=[Zr+2])CC(C)C.Cc1[c-]c2c(cc1)-c1ccc(C)cc1C2.[C-]1=CC=CC1. The van der Waals surface area contributed by atoms with E-state index in [0.717, 1.165) is 24.7 Å². The molecule has 0 atom stereocenters. The number of hydrogen-bond donors (Lipinski definition) is 0. The fourth-order valence-corrected chi connectivity index (χ4v) is 11.9. The van der Waals surface area contributed by atoms with E-state index in [1.54, 1.807) is 0 Å². The molecule has 30 heavy (non-hydrogen) atoms. The molecule has 0 aliphatic heterocycles. The van der Waals surface area contributed by atoms with Crippen molar-refractivity contribution in [2.24, 2.45) is 11.8 Å². The molecule has 2 heteroatoms. The fraction of sp³-hybridized carbons (Fsp3) is 0.429. The predicted molar refractivity (Wildman–Crippen MR) is 130 cm³/mol. The summed E-state index contributed by atoms with van der Waals surface area (Å²) >= 11 is 1.83. The summed E-state index contributed by atoms with van der Waals surface area (Å²) in [4.78, 5) is 0. The summed E-state index contributed by atoms with van der Waals surface area (Å²) in [6.07, 6.45) is 11.0. The molecule has 2 aliphatic rings. The molecule has 0 aromatic heterocycles. The van der Waals surface area contributed by atoms with Crippen molar-refractivity contribution in [1.82, 2.24) is 0 Å². The minimum absolute atomic E-state index is 0.101. The molecule has 0 N–H and O–H groups in total. The summed E-state index contributed by atoms with van der Waals surface area (Å²) in [5.74, 6) is 1.87. The van der Waals surface area contributed by atoms with Gasteiger partial charge in [-0.15, -0.1) is 17.5 Å². The van der Waals surface area contributed by atoms with Crippen LogP contribution in [0, 0.1) is 37.8 Å². The van der Waals surface area contributed by atoms with E-state index in [2.05, 4.69) is 90.1 Å². The Kier molecular flexibility index (Phi) is 10.8. The van der Waals surface area contributed by atoms with Gasteiger partial charge in [0.15, 0.2) is 0 Å². The second kappa shape index (κ2) is 12.8. The normalized spacial score (nSPS) is 12.9. The fourth-order valence-electron chi connectivity index (χ4n) is 3.78. The number of benzene rings is 2. The molecule has 0 nitrogen and oxygen atoms in total. The van der Waals surface area contributed by atoms with Crippen molar-refractivity contribution in [2.45, 2.75) is 66.5 Å². The standard InChI is InChI=1S/C15H13.C8H18Si.C5H5.Zr/c1-10-3-5-14-12(7-10)9-13-8-11(2)4-6-15(13)14;1-7(2)5-9-6-8(3)4;1-2-4-5-3-1;/h3-7H,9H2,1-2H3;7-8H,5-6H2,1-4H3;1-3H,4H2;/q-1;;-1;+2. The van der Waals surface area contributed by atoms with Gasteiger partial charge in [-0.2, -0.15) is 29.8 Å². The van der Waals surface area contributed by atoms with Crippen molar-refractivity contribution in [3.63, 3.8) is 0 Å². The smallest absolute Gasteiger partial charge is 0.0253 e. The van der Waals surface area contributed by atoms with Crippen LogP contribution in [-0.2, 0) is 29.8 Å². The molecule has 0 saturated heterocycles. The molecule has 2 aromatic rings. The van der Waals surface area contributed by atoms with Gasteiger partial charge in [0.25, 0.3) is 0 Å². The van der Waals surface area contributed by atoms with Gasteiger partial charge >= 0.3 is 80.4 Å². The molecular weight excluding hydrogens is 456 g/mol. The van der Waals surface area contributed by atoms with E-state index in [4.69, 9.17) is 0 Å². The summed E-state index contributed by atoms with van der Waals surface area (Å²) in [6.45, 7) is 13.6. The van der Waals surface area contributed by atoms with Gasteiger partial charge in [-0.3, -0.25) is 6.08 Å². The first-order chi connectivity index (χ1) is 14.3. The molecule has 0 heterocycles. The zero-order valence-electron chi connectivity index (χ0n) is 19.6. The minimum Gasteiger partial charge on any atom is -0.273 e. The monoisotopic (exact) mass is 490 g/mol. The van der Waals surface area contributed by atoms with Gasteiger partial charge in [-0.1, -0.05) is 36.2 Å². The molecule has 156 valence electrons. The average Bonchev–Trinajstić information content (AvgIpc) is 3.31. The second-order valence-corrected chi connectivity index (χ2v) is 16.4. The molecule has 2 aromatic carbocycles. The first-order valence-corrected chi connectivity index (χ1v) is 16.8. The summed E-state index contributed by atoms with van der Waals surface area (Å²) in [6, 6.07) is 17.6. The third kappa shape index (κ3) is 8.64. The van der Waals surface area contributed by atoms with Crippen LogP contribution >= 0.6 is 0 Å². The van der Waals surface area contributed by atoms with Crippen LogP contribution in [-0.4, -0.2) is 5.43 Å². The second-order valence-electron chi connectivity index (χ2n) is 9.17. The summed E-state index contributed by atoms with van der Waals surface area (Å²) < 4.78 is 0. The molecular formula is C28H36SiZr. The van der Waals surface area contributed by atoms with Crippen LogP contribution in [0.2, 0.25) is 12.1 Å². The van der Waals surface area contributed by atoms with Crippen molar-refractivity contribution >= 4 is 5.43 Å². The molecule has 0 saturated carbocycles. The van der Waals surface area contributed by atoms with Crippen molar-refractivity contribution in [3.8, 4) is 11.1 Å². The zero-order chi connectivity index (χ0) is 22.1. The Morgan fingerprint density at radius 3 is 2.17 bits per heavy atom. The zero-order valence-corrected chi connectivity index (χ0v) is 23.1. The molecule has 0 bridgehead atoms. The Bertz CT molecular complexity index is 831. The number of aryl methyl sites for hydroxylation is 2. The van der Waals surface area contributed by atoms with E-state index >= 15 is 0 Å². The van der Waals surface area contributed by atoms with Crippen LogP contribution in [0.5, 0.6) is 0 Å². The Morgan fingerprint density at radius 2 is 1.63 bits per heavy atom. The van der Waals surface area contributed by atoms with E-state index in [0.29, 0.717) is 0 Å². The Balaban J connectivity index is 0.000000184. The minimum atomic E-state index is 0.101. The molecule has 0 amide bonds. The first-order valence-electron chi connectivity index (χ1n) is 11.2. The largest absolute Gasteiger partial charge is 0.273 e. The molecule has 4 rings (SSSR count). The van der Waals surface area contributed by atoms with Gasteiger partial charge in [0.2, 0.25) is 0 Å². The first kappa shape index (κ1) is 25.3. The summed E-state index contributed by atoms with van der Waals surface area (Å²) in [5, 5.41) is 0. The van der Waals surface area contributed by atoms with Crippen LogP contribution in [0.25, 0.3) is 11.1 Å². The number of allylic oxidation sites excluding steroid dienone is 4. The van der Waals surface area contributed by atoms with Crippen molar-refractivity contribution < 1.29 is 23.3 Å². The van der Waals surface area contributed by atoms with E-state index in [9.17, 15) is 0 Å². The Morgan fingerprint density at radius 1 is 0.967 bits per heavy atom. The molecule has 0 fully saturated rings. The summed E-state index contributed by atoms with van der Waals surface area (Å²) in [7, 11) is 0. The quantitative estimate of drug-likeness (QED) is 0.258. The summed E-state index contributed by atoms with van der Waals surface area (Å²) in [5.41, 5.74) is 8.26. The molecule has 0 spiro atoms. The van der Waals surface area contributed by atoms with Gasteiger partial charge in [0.05, 0.1) is 0 Å². The molecule has 0 unspecified atom stereocenters. The van der Waals surface area contributed by atoms with Crippen LogP contribution < -0.4 is 0 Å². The number of fused-ring (bicyclic) bond motifs is 3. The van der Waals surface area contributed by atoms with Crippen molar-refractivity contribution in [2.75, 3.05) is 0 Å². The van der Waals surface area contributed by atoms with Gasteiger partial charge < -0.3 is 0 Å². The van der Waals surface area contributed by atoms with Gasteiger partial charge in [-0.25, -0.2) is 12.2 Å². The number of hydrogen-bond acceptors (Lipinski definition) is 0. The van der Waals surface area contributed by atoms with Gasteiger partial charge in [0.1, 0.15) is 0 Å². The maximum atomic E-state index is 3.45. The topological polar surface area (TPSA) is 0 Å². The van der Waals surface area contributed by atoms with Crippen LogP contribution in [0.3, 0.4) is 0 Å². The maximum Gasteiger partial charge on any atom is -0.0253 e. The Hall–Kier alpha value is -0.980. The van der Waals surface area contributed by atoms with Gasteiger partial charge in [-0.05, 0) is 18.9 Å².